The van der Waals surface area contributed by atoms with Crippen molar-refractivity contribution in [2.45, 2.75) is 51.6 Å². The number of carbonyl (C=O) groups excluding carboxylic acids is 2. The van der Waals surface area contributed by atoms with E-state index >= 15 is 0 Å². The van der Waals surface area contributed by atoms with E-state index in [1.807, 2.05) is 60.0 Å². The molecule has 6 nitrogen and oxygen atoms in total. The van der Waals surface area contributed by atoms with Crippen LogP contribution in [0, 0.1) is 6.92 Å². The maximum absolute atomic E-state index is 12.6. The molecule has 0 atom stereocenters. The molecule has 2 amide bonds. The maximum atomic E-state index is 12.6. The molecule has 1 fully saturated rings. The van der Waals surface area contributed by atoms with Crippen LogP contribution in [0.15, 0.2) is 48.5 Å². The lowest BCUT2D eigenvalue weighted by Gasteiger charge is -2.14. The third kappa shape index (κ3) is 4.70. The molecule has 0 unspecified atom stereocenters. The van der Waals surface area contributed by atoms with Gasteiger partial charge in [-0.15, -0.1) is 0 Å². The van der Waals surface area contributed by atoms with Crippen molar-refractivity contribution in [2.24, 2.45) is 0 Å². The Morgan fingerprint density at radius 2 is 1.90 bits per heavy atom. The summed E-state index contributed by atoms with van der Waals surface area (Å²) in [6, 6.07) is 15.7. The first-order chi connectivity index (χ1) is 14.6. The molecule has 30 heavy (non-hydrogen) atoms. The van der Waals surface area contributed by atoms with E-state index in [2.05, 4.69) is 10.6 Å². The number of hydrogen-bond donors (Lipinski definition) is 2. The predicted octanol–water partition coefficient (Wildman–Crippen LogP) is 3.38. The number of fused-ring (bicyclic) bond motifs is 1. The molecule has 3 aromatic rings. The number of aromatic nitrogens is 2. The number of benzene rings is 2. The fraction of sp³-hybridized carbons (Fsp3) is 0.375. The number of imidazole rings is 1. The first-order valence-corrected chi connectivity index (χ1v) is 10.7. The Labute approximate surface area is 176 Å². The van der Waals surface area contributed by atoms with Crippen molar-refractivity contribution >= 4 is 22.8 Å². The SMILES string of the molecule is Cc1cccc(C(=O)NCCc2nc3ccccc3n2CC(=O)NC2CCCC2)c1. The lowest BCUT2D eigenvalue weighted by Crippen LogP contribution is -2.35. The molecule has 0 spiro atoms. The van der Waals surface area contributed by atoms with E-state index in [9.17, 15) is 9.59 Å². The smallest absolute Gasteiger partial charge is 0.251 e. The Hall–Kier alpha value is -3.15. The molecule has 1 aromatic heterocycles. The van der Waals surface area contributed by atoms with E-state index < -0.39 is 0 Å². The zero-order chi connectivity index (χ0) is 20.9. The van der Waals surface area contributed by atoms with E-state index in [1.165, 1.54) is 12.8 Å². The molecule has 4 rings (SSSR count). The number of amides is 2. The summed E-state index contributed by atoms with van der Waals surface area (Å²) < 4.78 is 1.97. The van der Waals surface area contributed by atoms with Crippen molar-refractivity contribution in [3.63, 3.8) is 0 Å². The number of rotatable bonds is 7. The number of nitrogens with one attached hydrogen (secondary N) is 2. The number of para-hydroxylation sites is 2. The second kappa shape index (κ2) is 9.11. The van der Waals surface area contributed by atoms with Gasteiger partial charge in [-0.05, 0) is 44.0 Å². The van der Waals surface area contributed by atoms with Gasteiger partial charge in [0.05, 0.1) is 11.0 Å². The maximum Gasteiger partial charge on any atom is 0.251 e. The van der Waals surface area contributed by atoms with Crippen LogP contribution in [0.3, 0.4) is 0 Å². The average Bonchev–Trinajstić information content (AvgIpc) is 3.36. The number of nitrogens with zero attached hydrogens (tertiary/aromatic N) is 2. The lowest BCUT2D eigenvalue weighted by atomic mass is 10.1. The summed E-state index contributed by atoms with van der Waals surface area (Å²) in [6.45, 7) is 2.67. The van der Waals surface area contributed by atoms with Gasteiger partial charge in [0.2, 0.25) is 5.91 Å². The van der Waals surface area contributed by atoms with Crippen LogP contribution < -0.4 is 10.6 Å². The van der Waals surface area contributed by atoms with Crippen LogP contribution in [0.4, 0.5) is 0 Å². The lowest BCUT2D eigenvalue weighted by molar-refractivity contribution is -0.122. The third-order valence-electron chi connectivity index (χ3n) is 5.67. The fourth-order valence-electron chi connectivity index (χ4n) is 4.16. The molecule has 0 radical (unpaired) electrons. The molecule has 1 heterocycles. The Kier molecular flexibility index (Phi) is 6.12. The summed E-state index contributed by atoms with van der Waals surface area (Å²) in [4.78, 5) is 29.8. The second-order valence-corrected chi connectivity index (χ2v) is 8.03. The molecule has 1 aliphatic rings. The summed E-state index contributed by atoms with van der Waals surface area (Å²) >= 11 is 0. The zero-order valence-corrected chi connectivity index (χ0v) is 17.4. The predicted molar refractivity (Wildman–Crippen MR) is 117 cm³/mol. The van der Waals surface area contributed by atoms with Crippen LogP contribution in [-0.4, -0.2) is 34.0 Å². The molecular weight excluding hydrogens is 376 g/mol. The minimum absolute atomic E-state index is 0.0232. The highest BCUT2D eigenvalue weighted by Gasteiger charge is 2.19. The summed E-state index contributed by atoms with van der Waals surface area (Å²) in [5, 5.41) is 6.12. The quantitative estimate of drug-likeness (QED) is 0.634. The van der Waals surface area contributed by atoms with Crippen LogP contribution in [0.1, 0.15) is 47.4 Å². The van der Waals surface area contributed by atoms with Gasteiger partial charge in [-0.1, -0.05) is 42.7 Å². The molecule has 6 heteroatoms. The van der Waals surface area contributed by atoms with Gasteiger partial charge in [-0.2, -0.15) is 0 Å². The third-order valence-corrected chi connectivity index (χ3v) is 5.67. The van der Waals surface area contributed by atoms with Gasteiger partial charge < -0.3 is 15.2 Å². The van der Waals surface area contributed by atoms with Gasteiger partial charge in [-0.25, -0.2) is 4.98 Å². The van der Waals surface area contributed by atoms with Crippen LogP contribution in [0.25, 0.3) is 11.0 Å². The van der Waals surface area contributed by atoms with Gasteiger partial charge in [0, 0.05) is 24.6 Å². The molecule has 1 aliphatic carbocycles. The van der Waals surface area contributed by atoms with Crippen LogP contribution >= 0.6 is 0 Å². The monoisotopic (exact) mass is 404 g/mol. The van der Waals surface area contributed by atoms with Crippen LogP contribution in [-0.2, 0) is 17.8 Å². The van der Waals surface area contributed by atoms with Crippen molar-refractivity contribution < 1.29 is 9.59 Å². The van der Waals surface area contributed by atoms with Crippen molar-refractivity contribution in [3.8, 4) is 0 Å². The molecule has 0 saturated heterocycles. The first-order valence-electron chi connectivity index (χ1n) is 10.7. The normalized spacial score (nSPS) is 14.2. The minimum atomic E-state index is -0.0969. The second-order valence-electron chi connectivity index (χ2n) is 8.03. The van der Waals surface area contributed by atoms with Crippen molar-refractivity contribution in [3.05, 3.63) is 65.5 Å². The van der Waals surface area contributed by atoms with Crippen LogP contribution in [0.2, 0.25) is 0 Å². The molecule has 0 bridgehead atoms. The number of carbonyl (C=O) groups is 2. The van der Waals surface area contributed by atoms with E-state index in [4.69, 9.17) is 4.98 Å². The molecule has 156 valence electrons. The molecule has 1 saturated carbocycles. The first kappa shape index (κ1) is 20.1. The molecule has 2 N–H and O–H groups in total. The van der Waals surface area contributed by atoms with Gasteiger partial charge in [-0.3, -0.25) is 9.59 Å². The minimum Gasteiger partial charge on any atom is -0.352 e. The van der Waals surface area contributed by atoms with E-state index in [0.717, 1.165) is 35.3 Å². The fourth-order valence-corrected chi connectivity index (χ4v) is 4.16. The summed E-state index contributed by atoms with van der Waals surface area (Å²) in [7, 11) is 0. The Bertz CT molecular complexity index is 1050. The summed E-state index contributed by atoms with van der Waals surface area (Å²) in [6.07, 6.45) is 5.06. The highest BCUT2D eigenvalue weighted by atomic mass is 16.2. The highest BCUT2D eigenvalue weighted by molar-refractivity contribution is 5.94. The number of aryl methyl sites for hydroxylation is 1. The zero-order valence-electron chi connectivity index (χ0n) is 17.4. The van der Waals surface area contributed by atoms with E-state index in [-0.39, 0.29) is 18.4 Å². The van der Waals surface area contributed by atoms with Gasteiger partial charge >= 0.3 is 0 Å². The highest BCUT2D eigenvalue weighted by Crippen LogP contribution is 2.19. The standard InChI is InChI=1S/C24H28N4O2/c1-17-7-6-8-18(15-17)24(30)25-14-13-22-27-20-11-4-5-12-21(20)28(22)16-23(29)26-19-9-2-3-10-19/h4-8,11-12,15,19H,2-3,9-10,13-14,16H2,1H3,(H,25,30)(H,26,29). The van der Waals surface area contributed by atoms with E-state index in [0.29, 0.717) is 24.6 Å². The summed E-state index contributed by atoms with van der Waals surface area (Å²) in [5.74, 6) is 0.734. The largest absolute Gasteiger partial charge is 0.352 e. The van der Waals surface area contributed by atoms with Gasteiger partial charge in [0.25, 0.3) is 5.91 Å². The Morgan fingerprint density at radius 1 is 1.10 bits per heavy atom. The van der Waals surface area contributed by atoms with Crippen molar-refractivity contribution in [2.75, 3.05) is 6.54 Å². The van der Waals surface area contributed by atoms with Crippen LogP contribution in [0.5, 0.6) is 0 Å². The van der Waals surface area contributed by atoms with E-state index in [1.54, 1.807) is 0 Å². The molecule has 2 aromatic carbocycles. The van der Waals surface area contributed by atoms with Gasteiger partial charge in [0.1, 0.15) is 12.4 Å². The number of hydrogen-bond acceptors (Lipinski definition) is 3. The Morgan fingerprint density at radius 3 is 2.70 bits per heavy atom. The average molecular weight is 405 g/mol. The van der Waals surface area contributed by atoms with Gasteiger partial charge in [0.15, 0.2) is 0 Å². The van der Waals surface area contributed by atoms with Crippen molar-refractivity contribution in [1.82, 2.24) is 20.2 Å². The molecular formula is C24H28N4O2. The topological polar surface area (TPSA) is 76.0 Å². The summed E-state index contributed by atoms with van der Waals surface area (Å²) in [5.41, 5.74) is 3.52. The van der Waals surface area contributed by atoms with Crippen molar-refractivity contribution in [1.29, 1.82) is 0 Å². The Balaban J connectivity index is 1.44. The molecule has 0 aliphatic heterocycles.